The quantitative estimate of drug-likeness (QED) is 0.663. The lowest BCUT2D eigenvalue weighted by Crippen LogP contribution is -2.35. The Morgan fingerprint density at radius 3 is 2.47 bits per heavy atom. The maximum Gasteiger partial charge on any atom is 0.334 e. The van der Waals surface area contributed by atoms with Gasteiger partial charge < -0.3 is 15.5 Å². The van der Waals surface area contributed by atoms with Crippen molar-refractivity contribution in [3.8, 4) is 0 Å². The Hall–Kier alpha value is -2.14. The predicted octanol–water partition coefficient (Wildman–Crippen LogP) is 0.824. The highest BCUT2D eigenvalue weighted by atomic mass is 16.4. The molecule has 0 spiro atoms. The van der Waals surface area contributed by atoms with Crippen LogP contribution in [-0.2, 0) is 16.0 Å². The molecule has 5 nitrogen and oxygen atoms in total. The summed E-state index contributed by atoms with van der Waals surface area (Å²) in [5, 5.41) is 19.7. The number of carbonyl (C=O) groups is 2. The van der Waals surface area contributed by atoms with Gasteiger partial charge in [0.2, 0.25) is 5.91 Å². The van der Waals surface area contributed by atoms with Crippen LogP contribution in [0.5, 0.6) is 0 Å². The Morgan fingerprint density at radius 1 is 1.32 bits per heavy atom. The molecule has 0 heterocycles. The third-order valence-corrected chi connectivity index (χ3v) is 2.57. The minimum atomic E-state index is -1.58. The lowest BCUT2D eigenvalue weighted by atomic mass is 10.1. The molecule has 1 rings (SSSR count). The first-order valence-electron chi connectivity index (χ1n) is 5.98. The van der Waals surface area contributed by atoms with Gasteiger partial charge in [-0.15, -0.1) is 0 Å². The molecule has 1 aromatic carbocycles. The number of carboxylic acids is 1. The van der Waals surface area contributed by atoms with Gasteiger partial charge in [-0.25, -0.2) is 4.79 Å². The highest BCUT2D eigenvalue weighted by Gasteiger charge is 2.12. The first-order chi connectivity index (χ1) is 9.02. The number of aryl methyl sites for hydroxylation is 1. The summed E-state index contributed by atoms with van der Waals surface area (Å²) in [6.45, 7) is 1.75. The van der Waals surface area contributed by atoms with Crippen LogP contribution in [0.4, 0.5) is 0 Å². The highest BCUT2D eigenvalue weighted by molar-refractivity contribution is 5.92. The molecule has 0 aliphatic carbocycles. The Labute approximate surface area is 111 Å². The van der Waals surface area contributed by atoms with Crippen molar-refractivity contribution in [2.75, 3.05) is 6.54 Å². The molecule has 1 atom stereocenters. The molecule has 0 saturated carbocycles. The zero-order valence-corrected chi connectivity index (χ0v) is 10.7. The smallest absolute Gasteiger partial charge is 0.334 e. The van der Waals surface area contributed by atoms with E-state index in [1.54, 1.807) is 6.08 Å². The number of hydrogen-bond acceptors (Lipinski definition) is 3. The average molecular weight is 263 g/mol. The Kier molecular flexibility index (Phi) is 5.75. The molecule has 0 aliphatic rings. The topological polar surface area (TPSA) is 86.6 Å². The molecule has 0 fully saturated rings. The molecule has 0 unspecified atom stereocenters. The summed E-state index contributed by atoms with van der Waals surface area (Å²) in [6, 6.07) is 7.75. The van der Waals surface area contributed by atoms with Gasteiger partial charge in [0, 0.05) is 6.08 Å². The molecule has 1 aromatic rings. The van der Waals surface area contributed by atoms with E-state index in [2.05, 4.69) is 12.2 Å². The predicted molar refractivity (Wildman–Crippen MR) is 71.5 cm³/mol. The lowest BCUT2D eigenvalue weighted by molar-refractivity contribution is -0.146. The number of hydrogen-bond donors (Lipinski definition) is 3. The standard InChI is InChI=1S/C14H17NO4/c1-2-10-3-5-11(6-4-10)7-8-13(17)15-9-12(16)14(18)19/h3-8,12,16H,2,9H2,1H3,(H,15,17)(H,18,19)/b8-7+/t12-/m0/s1. The molecule has 19 heavy (non-hydrogen) atoms. The van der Waals surface area contributed by atoms with E-state index in [9.17, 15) is 9.59 Å². The summed E-state index contributed by atoms with van der Waals surface area (Å²) in [7, 11) is 0. The molecular formula is C14H17NO4. The summed E-state index contributed by atoms with van der Waals surface area (Å²) in [4.78, 5) is 21.7. The normalized spacial score (nSPS) is 12.3. The minimum Gasteiger partial charge on any atom is -0.479 e. The Morgan fingerprint density at radius 2 is 1.95 bits per heavy atom. The lowest BCUT2D eigenvalue weighted by Gasteiger charge is -2.05. The van der Waals surface area contributed by atoms with Gasteiger partial charge in [-0.1, -0.05) is 31.2 Å². The number of aliphatic carboxylic acids is 1. The molecule has 102 valence electrons. The van der Waals surface area contributed by atoms with Crippen molar-refractivity contribution in [2.24, 2.45) is 0 Å². The van der Waals surface area contributed by atoms with Crippen molar-refractivity contribution in [3.05, 3.63) is 41.5 Å². The van der Waals surface area contributed by atoms with Gasteiger partial charge in [0.1, 0.15) is 0 Å². The monoisotopic (exact) mass is 263 g/mol. The summed E-state index contributed by atoms with van der Waals surface area (Å²) >= 11 is 0. The van der Waals surface area contributed by atoms with E-state index in [1.165, 1.54) is 11.6 Å². The van der Waals surface area contributed by atoms with Gasteiger partial charge in [-0.2, -0.15) is 0 Å². The van der Waals surface area contributed by atoms with Crippen LogP contribution < -0.4 is 5.32 Å². The maximum absolute atomic E-state index is 11.4. The van der Waals surface area contributed by atoms with E-state index in [0.29, 0.717) is 0 Å². The second-order valence-corrected chi connectivity index (χ2v) is 4.03. The van der Waals surface area contributed by atoms with Crippen LogP contribution in [0, 0.1) is 0 Å². The maximum atomic E-state index is 11.4. The number of aliphatic hydroxyl groups is 1. The third-order valence-electron chi connectivity index (χ3n) is 2.57. The zero-order chi connectivity index (χ0) is 14.3. The fourth-order valence-electron chi connectivity index (χ4n) is 1.38. The number of nitrogens with one attached hydrogen (secondary N) is 1. The SMILES string of the molecule is CCc1ccc(/C=C/C(=O)NC[C@H](O)C(=O)O)cc1. The van der Waals surface area contributed by atoms with Crippen LogP contribution in [0.2, 0.25) is 0 Å². The largest absolute Gasteiger partial charge is 0.479 e. The fourth-order valence-corrected chi connectivity index (χ4v) is 1.38. The molecule has 0 bridgehead atoms. The summed E-state index contributed by atoms with van der Waals surface area (Å²) in [6.07, 6.45) is 2.30. The average Bonchev–Trinajstić information content (AvgIpc) is 2.42. The highest BCUT2D eigenvalue weighted by Crippen LogP contribution is 2.06. The fraction of sp³-hybridized carbons (Fsp3) is 0.286. The zero-order valence-electron chi connectivity index (χ0n) is 10.7. The minimum absolute atomic E-state index is 0.312. The van der Waals surface area contributed by atoms with Crippen molar-refractivity contribution < 1.29 is 19.8 Å². The van der Waals surface area contributed by atoms with Crippen molar-refractivity contribution in [3.63, 3.8) is 0 Å². The van der Waals surface area contributed by atoms with E-state index < -0.39 is 18.0 Å². The number of rotatable bonds is 6. The Bertz CT molecular complexity index is 465. The molecule has 1 amide bonds. The first-order valence-corrected chi connectivity index (χ1v) is 5.98. The van der Waals surface area contributed by atoms with Gasteiger partial charge >= 0.3 is 5.97 Å². The number of carboxylic acid groups (broad SMARTS) is 1. The molecule has 0 aromatic heterocycles. The van der Waals surface area contributed by atoms with E-state index in [0.717, 1.165) is 12.0 Å². The van der Waals surface area contributed by atoms with Crippen molar-refractivity contribution in [2.45, 2.75) is 19.4 Å². The van der Waals surface area contributed by atoms with Crippen molar-refractivity contribution in [1.82, 2.24) is 5.32 Å². The van der Waals surface area contributed by atoms with E-state index in [1.807, 2.05) is 24.3 Å². The van der Waals surface area contributed by atoms with Crippen LogP contribution in [0.1, 0.15) is 18.1 Å². The van der Waals surface area contributed by atoms with E-state index >= 15 is 0 Å². The second-order valence-electron chi connectivity index (χ2n) is 4.03. The van der Waals surface area contributed by atoms with Crippen molar-refractivity contribution in [1.29, 1.82) is 0 Å². The van der Waals surface area contributed by atoms with E-state index in [-0.39, 0.29) is 6.54 Å². The summed E-state index contributed by atoms with van der Waals surface area (Å²) in [5.41, 5.74) is 2.09. The first kappa shape index (κ1) is 14.9. The van der Waals surface area contributed by atoms with Crippen LogP contribution in [0.15, 0.2) is 30.3 Å². The summed E-state index contributed by atoms with van der Waals surface area (Å²) in [5.74, 6) is -1.81. The number of amides is 1. The van der Waals surface area contributed by atoms with Crippen LogP contribution in [0.3, 0.4) is 0 Å². The second kappa shape index (κ2) is 7.33. The molecule has 0 saturated heterocycles. The molecule has 0 aliphatic heterocycles. The van der Waals surface area contributed by atoms with Crippen LogP contribution >= 0.6 is 0 Å². The molecular weight excluding hydrogens is 246 g/mol. The number of benzene rings is 1. The summed E-state index contributed by atoms with van der Waals surface area (Å²) < 4.78 is 0. The van der Waals surface area contributed by atoms with Crippen molar-refractivity contribution >= 4 is 18.0 Å². The van der Waals surface area contributed by atoms with Gasteiger partial charge in [-0.3, -0.25) is 4.79 Å². The number of carbonyl (C=O) groups excluding carboxylic acids is 1. The van der Waals surface area contributed by atoms with Crippen LogP contribution in [0.25, 0.3) is 6.08 Å². The number of aliphatic hydroxyl groups excluding tert-OH is 1. The van der Waals surface area contributed by atoms with Gasteiger partial charge in [0.05, 0.1) is 6.54 Å². The van der Waals surface area contributed by atoms with Gasteiger partial charge in [0.25, 0.3) is 0 Å². The molecule has 5 heteroatoms. The molecule has 0 radical (unpaired) electrons. The Balaban J connectivity index is 2.46. The van der Waals surface area contributed by atoms with Crippen LogP contribution in [-0.4, -0.2) is 34.7 Å². The third kappa shape index (κ3) is 5.35. The molecule has 3 N–H and O–H groups in total. The van der Waals surface area contributed by atoms with E-state index in [4.69, 9.17) is 10.2 Å². The van der Waals surface area contributed by atoms with Gasteiger partial charge in [0.15, 0.2) is 6.10 Å². The van der Waals surface area contributed by atoms with Gasteiger partial charge in [-0.05, 0) is 23.6 Å².